The van der Waals surface area contributed by atoms with Crippen LogP contribution >= 0.6 is 23.2 Å². The molecule has 8 heteroatoms. The Labute approximate surface area is 85.1 Å². The van der Waals surface area contributed by atoms with Crippen molar-refractivity contribution < 1.29 is 8.42 Å². The van der Waals surface area contributed by atoms with Crippen molar-refractivity contribution in [3.8, 4) is 0 Å². The third kappa shape index (κ3) is 3.33. The molecule has 0 aromatic carbocycles. The van der Waals surface area contributed by atoms with Crippen molar-refractivity contribution in [2.24, 2.45) is 0 Å². The molecule has 0 saturated carbocycles. The fourth-order valence-electron chi connectivity index (χ4n) is 0.624. The predicted molar refractivity (Wildman–Crippen MR) is 50.5 cm³/mol. The van der Waals surface area contributed by atoms with E-state index in [1.165, 1.54) is 6.07 Å². The van der Waals surface area contributed by atoms with Gasteiger partial charge in [0, 0.05) is 6.07 Å². The van der Waals surface area contributed by atoms with Gasteiger partial charge in [-0.15, -0.1) is 10.2 Å². The standard InChI is InChI=1S/C5H5Cl2N3O2S/c1-13(11,12)10-3-2-4(6)8-9-5(3)7/h2H,1H3,(H,8,10). The topological polar surface area (TPSA) is 72.0 Å². The van der Waals surface area contributed by atoms with E-state index < -0.39 is 10.0 Å². The van der Waals surface area contributed by atoms with Crippen LogP contribution in [0.15, 0.2) is 6.07 Å². The number of anilines is 1. The normalized spacial score (nSPS) is 11.3. The first-order valence-electron chi connectivity index (χ1n) is 3.05. The highest BCUT2D eigenvalue weighted by molar-refractivity contribution is 7.92. The molecule has 5 nitrogen and oxygen atoms in total. The average molecular weight is 242 g/mol. The van der Waals surface area contributed by atoms with Crippen LogP contribution in [0, 0.1) is 0 Å². The fourth-order valence-corrected chi connectivity index (χ4v) is 1.52. The lowest BCUT2D eigenvalue weighted by atomic mass is 10.5. The van der Waals surface area contributed by atoms with Crippen LogP contribution in [0.5, 0.6) is 0 Å². The van der Waals surface area contributed by atoms with Gasteiger partial charge in [0.2, 0.25) is 10.0 Å². The summed E-state index contributed by atoms with van der Waals surface area (Å²) in [6.45, 7) is 0. The molecule has 1 aromatic heterocycles. The van der Waals surface area contributed by atoms with Crippen molar-refractivity contribution in [1.82, 2.24) is 10.2 Å². The van der Waals surface area contributed by atoms with Crippen molar-refractivity contribution in [1.29, 1.82) is 0 Å². The molecule has 0 fully saturated rings. The first-order chi connectivity index (χ1) is 5.88. The molecule has 1 aromatic rings. The summed E-state index contributed by atoms with van der Waals surface area (Å²) >= 11 is 11.0. The number of halogens is 2. The maximum Gasteiger partial charge on any atom is 0.229 e. The van der Waals surface area contributed by atoms with Gasteiger partial charge >= 0.3 is 0 Å². The van der Waals surface area contributed by atoms with E-state index in [0.29, 0.717) is 0 Å². The number of rotatable bonds is 2. The molecule has 0 radical (unpaired) electrons. The molecule has 1 N–H and O–H groups in total. The van der Waals surface area contributed by atoms with E-state index in [-0.39, 0.29) is 16.0 Å². The Hall–Kier alpha value is -0.590. The number of aromatic nitrogens is 2. The van der Waals surface area contributed by atoms with Crippen LogP contribution in [0.4, 0.5) is 5.69 Å². The van der Waals surface area contributed by atoms with Gasteiger partial charge in [-0.05, 0) is 0 Å². The maximum absolute atomic E-state index is 10.8. The van der Waals surface area contributed by atoms with Gasteiger partial charge in [-0.2, -0.15) is 0 Å². The van der Waals surface area contributed by atoms with E-state index in [1.807, 2.05) is 0 Å². The summed E-state index contributed by atoms with van der Waals surface area (Å²) in [5.74, 6) is 0. The Morgan fingerprint density at radius 1 is 1.38 bits per heavy atom. The summed E-state index contributed by atoms with van der Waals surface area (Å²) < 4.78 is 23.7. The molecule has 0 aliphatic heterocycles. The summed E-state index contributed by atoms with van der Waals surface area (Å²) in [5.41, 5.74) is 0.115. The van der Waals surface area contributed by atoms with E-state index in [4.69, 9.17) is 23.2 Å². The summed E-state index contributed by atoms with van der Waals surface area (Å²) in [4.78, 5) is 0. The van der Waals surface area contributed by atoms with E-state index in [2.05, 4.69) is 14.9 Å². The van der Waals surface area contributed by atoms with Gasteiger partial charge in [-0.3, -0.25) is 4.72 Å². The van der Waals surface area contributed by atoms with Gasteiger partial charge in [0.25, 0.3) is 0 Å². The van der Waals surface area contributed by atoms with Crippen LogP contribution in [0.3, 0.4) is 0 Å². The van der Waals surface area contributed by atoms with Crippen molar-refractivity contribution in [2.45, 2.75) is 0 Å². The fraction of sp³-hybridized carbons (Fsp3) is 0.200. The van der Waals surface area contributed by atoms with Crippen LogP contribution in [-0.2, 0) is 10.0 Å². The lowest BCUT2D eigenvalue weighted by Crippen LogP contribution is -2.10. The number of nitrogens with zero attached hydrogens (tertiary/aromatic N) is 2. The molecule has 72 valence electrons. The van der Waals surface area contributed by atoms with E-state index in [1.54, 1.807) is 0 Å². The van der Waals surface area contributed by atoms with Crippen LogP contribution in [-0.4, -0.2) is 24.9 Å². The molecule has 0 saturated heterocycles. The SMILES string of the molecule is CS(=O)(=O)Nc1cc(Cl)nnc1Cl. The maximum atomic E-state index is 10.8. The quantitative estimate of drug-likeness (QED) is 0.844. The number of sulfonamides is 1. The second-order valence-corrected chi connectivity index (χ2v) is 4.74. The van der Waals surface area contributed by atoms with Crippen molar-refractivity contribution >= 4 is 38.9 Å². The Bertz CT molecular complexity index is 420. The zero-order valence-corrected chi connectivity index (χ0v) is 8.78. The minimum absolute atomic E-state index is 0.0465. The minimum atomic E-state index is -3.38. The second kappa shape index (κ2) is 3.65. The predicted octanol–water partition coefficient (Wildman–Crippen LogP) is 1.15. The highest BCUT2D eigenvalue weighted by Gasteiger charge is 2.08. The molecular weight excluding hydrogens is 237 g/mol. The van der Waals surface area contributed by atoms with Gasteiger partial charge in [0.1, 0.15) is 0 Å². The average Bonchev–Trinajstić information content (AvgIpc) is 1.94. The van der Waals surface area contributed by atoms with Crippen LogP contribution in [0.1, 0.15) is 0 Å². The number of nitrogens with one attached hydrogen (secondary N) is 1. The Balaban J connectivity index is 3.08. The van der Waals surface area contributed by atoms with E-state index in [9.17, 15) is 8.42 Å². The number of hydrogen-bond donors (Lipinski definition) is 1. The highest BCUT2D eigenvalue weighted by atomic mass is 35.5. The van der Waals surface area contributed by atoms with Crippen LogP contribution in [0.2, 0.25) is 10.3 Å². The van der Waals surface area contributed by atoms with Gasteiger partial charge in [-0.1, -0.05) is 23.2 Å². The molecule has 0 bridgehead atoms. The molecule has 0 atom stereocenters. The van der Waals surface area contributed by atoms with E-state index in [0.717, 1.165) is 6.26 Å². The molecule has 0 aliphatic rings. The van der Waals surface area contributed by atoms with Gasteiger partial charge in [-0.25, -0.2) is 8.42 Å². The molecule has 13 heavy (non-hydrogen) atoms. The Morgan fingerprint density at radius 3 is 2.54 bits per heavy atom. The van der Waals surface area contributed by atoms with Crippen molar-refractivity contribution in [2.75, 3.05) is 11.0 Å². The van der Waals surface area contributed by atoms with Crippen LogP contribution in [0.25, 0.3) is 0 Å². The van der Waals surface area contributed by atoms with Crippen molar-refractivity contribution in [3.63, 3.8) is 0 Å². The Kier molecular flexibility index (Phi) is 2.94. The largest absolute Gasteiger partial charge is 0.280 e. The van der Waals surface area contributed by atoms with Gasteiger partial charge < -0.3 is 0 Å². The summed E-state index contributed by atoms with van der Waals surface area (Å²) in [6, 6.07) is 1.28. The smallest absolute Gasteiger partial charge is 0.229 e. The molecule has 0 spiro atoms. The third-order valence-electron chi connectivity index (χ3n) is 1.01. The van der Waals surface area contributed by atoms with E-state index >= 15 is 0 Å². The zero-order chi connectivity index (χ0) is 10.1. The number of hydrogen-bond acceptors (Lipinski definition) is 4. The van der Waals surface area contributed by atoms with Gasteiger partial charge in [0.05, 0.1) is 11.9 Å². The third-order valence-corrected chi connectivity index (χ3v) is 2.07. The summed E-state index contributed by atoms with van der Waals surface area (Å²) in [5, 5.41) is 6.86. The lowest BCUT2D eigenvalue weighted by Gasteiger charge is -2.03. The lowest BCUT2D eigenvalue weighted by molar-refractivity contribution is 0.607. The van der Waals surface area contributed by atoms with Crippen molar-refractivity contribution in [3.05, 3.63) is 16.4 Å². The second-order valence-electron chi connectivity index (χ2n) is 2.25. The Morgan fingerprint density at radius 2 is 2.00 bits per heavy atom. The summed E-state index contributed by atoms with van der Waals surface area (Å²) in [7, 11) is -3.38. The molecule has 0 aliphatic carbocycles. The molecule has 1 heterocycles. The molecular formula is C5H5Cl2N3O2S. The first kappa shape index (κ1) is 10.5. The molecule has 0 unspecified atom stereocenters. The monoisotopic (exact) mass is 241 g/mol. The first-order valence-corrected chi connectivity index (χ1v) is 5.70. The minimum Gasteiger partial charge on any atom is -0.280 e. The molecule has 0 amide bonds. The van der Waals surface area contributed by atoms with Gasteiger partial charge in [0.15, 0.2) is 10.3 Å². The molecule has 1 rings (SSSR count). The summed E-state index contributed by atoms with van der Waals surface area (Å²) in [6.07, 6.45) is 0.998. The zero-order valence-electron chi connectivity index (χ0n) is 6.45. The van der Waals surface area contributed by atoms with Crippen LogP contribution < -0.4 is 4.72 Å². The highest BCUT2D eigenvalue weighted by Crippen LogP contribution is 2.21.